The highest BCUT2D eigenvalue weighted by molar-refractivity contribution is 5.86. The van der Waals surface area contributed by atoms with E-state index in [-0.39, 0.29) is 30.7 Å². The van der Waals surface area contributed by atoms with E-state index in [9.17, 15) is 9.90 Å². The minimum Gasteiger partial charge on any atom is -0.448 e. The van der Waals surface area contributed by atoms with Gasteiger partial charge in [0.05, 0.1) is 30.9 Å². The fourth-order valence-corrected chi connectivity index (χ4v) is 6.79. The Balaban J connectivity index is 1.13. The van der Waals surface area contributed by atoms with Gasteiger partial charge in [0.15, 0.2) is 0 Å². The van der Waals surface area contributed by atoms with E-state index in [1.54, 1.807) is 0 Å². The molecule has 5 nitrogen and oxygen atoms in total. The molecule has 3 aliphatic rings. The van der Waals surface area contributed by atoms with E-state index in [1.807, 2.05) is 41.3 Å². The number of hydrogen-bond acceptors (Lipinski definition) is 4. The van der Waals surface area contributed by atoms with Gasteiger partial charge in [-0.25, -0.2) is 4.79 Å². The molecule has 2 unspecified atom stereocenters. The zero-order valence-corrected chi connectivity index (χ0v) is 20.5. The molecular formula is C32H29NO4. The van der Waals surface area contributed by atoms with Crippen LogP contribution in [0.4, 0.5) is 4.79 Å². The number of morpholine rings is 1. The number of carbonyl (C=O) groups excluding carboxylic acids is 1. The summed E-state index contributed by atoms with van der Waals surface area (Å²) in [6, 6.07) is 30.5. The van der Waals surface area contributed by atoms with Gasteiger partial charge in [-0.15, -0.1) is 0 Å². The summed E-state index contributed by atoms with van der Waals surface area (Å²) in [7, 11) is 0. The zero-order chi connectivity index (χ0) is 25.0. The number of rotatable bonds is 3. The fourth-order valence-electron chi connectivity index (χ4n) is 6.79. The third-order valence-electron chi connectivity index (χ3n) is 8.39. The first-order valence-corrected chi connectivity index (χ1v) is 13.0. The molecular weight excluding hydrogens is 462 g/mol. The second-order valence-corrected chi connectivity index (χ2v) is 10.5. The average Bonchev–Trinajstić information content (AvgIpc) is 3.24. The molecule has 37 heavy (non-hydrogen) atoms. The van der Waals surface area contributed by atoms with Crippen LogP contribution in [-0.4, -0.2) is 48.0 Å². The molecule has 1 aliphatic carbocycles. The first kappa shape index (κ1) is 22.5. The minimum atomic E-state index is -1.03. The molecule has 186 valence electrons. The largest absolute Gasteiger partial charge is 0.448 e. The average molecular weight is 492 g/mol. The lowest BCUT2D eigenvalue weighted by Gasteiger charge is -2.51. The Morgan fingerprint density at radius 3 is 2.14 bits per heavy atom. The third-order valence-corrected chi connectivity index (χ3v) is 8.39. The summed E-state index contributed by atoms with van der Waals surface area (Å²) < 4.78 is 11.9. The van der Waals surface area contributed by atoms with Crippen molar-refractivity contribution in [2.75, 3.05) is 19.8 Å². The Bertz CT molecular complexity index is 1430. The number of amides is 1. The van der Waals surface area contributed by atoms with Gasteiger partial charge in [0, 0.05) is 18.8 Å². The van der Waals surface area contributed by atoms with Crippen molar-refractivity contribution in [1.82, 2.24) is 4.90 Å². The topological polar surface area (TPSA) is 59.0 Å². The van der Waals surface area contributed by atoms with E-state index in [4.69, 9.17) is 9.47 Å². The molecule has 0 radical (unpaired) electrons. The van der Waals surface area contributed by atoms with Crippen molar-refractivity contribution in [2.24, 2.45) is 0 Å². The van der Waals surface area contributed by atoms with Crippen LogP contribution in [0.3, 0.4) is 0 Å². The molecule has 2 saturated heterocycles. The van der Waals surface area contributed by atoms with Crippen LogP contribution in [0.5, 0.6) is 0 Å². The number of benzene rings is 4. The normalized spacial score (nSPS) is 24.5. The number of nitrogens with zero attached hydrogens (tertiary/aromatic N) is 1. The smallest absolute Gasteiger partial charge is 0.410 e. The van der Waals surface area contributed by atoms with Crippen LogP contribution in [0.2, 0.25) is 0 Å². The molecule has 1 N–H and O–H groups in total. The Kier molecular flexibility index (Phi) is 5.31. The summed E-state index contributed by atoms with van der Waals surface area (Å²) in [6.07, 6.45) is 0.517. The molecule has 4 aromatic carbocycles. The van der Waals surface area contributed by atoms with Gasteiger partial charge in [0.2, 0.25) is 0 Å². The van der Waals surface area contributed by atoms with Crippen molar-refractivity contribution < 1.29 is 19.4 Å². The number of hydrogen-bond donors (Lipinski definition) is 1. The van der Waals surface area contributed by atoms with E-state index < -0.39 is 5.60 Å². The SMILES string of the molecule is O=C(OCC1c2ccccc2-c2ccccc21)N1C2COCC1CC(O)(c1cccc3ccccc13)C2. The predicted octanol–water partition coefficient (Wildman–Crippen LogP) is 5.84. The van der Waals surface area contributed by atoms with Crippen LogP contribution < -0.4 is 0 Å². The molecule has 2 bridgehead atoms. The van der Waals surface area contributed by atoms with Gasteiger partial charge in [-0.05, 0) is 38.6 Å². The molecule has 2 heterocycles. The van der Waals surface area contributed by atoms with Crippen molar-refractivity contribution in [3.63, 3.8) is 0 Å². The third kappa shape index (κ3) is 3.64. The van der Waals surface area contributed by atoms with E-state index >= 15 is 0 Å². The summed E-state index contributed by atoms with van der Waals surface area (Å²) >= 11 is 0. The summed E-state index contributed by atoms with van der Waals surface area (Å²) in [4.78, 5) is 15.3. The van der Waals surface area contributed by atoms with Crippen LogP contribution in [-0.2, 0) is 15.1 Å². The number of carbonyl (C=O) groups is 1. The summed E-state index contributed by atoms with van der Waals surface area (Å²) in [5.41, 5.74) is 4.72. The Morgan fingerprint density at radius 2 is 1.43 bits per heavy atom. The highest BCUT2D eigenvalue weighted by Gasteiger charge is 2.50. The van der Waals surface area contributed by atoms with E-state index in [0.717, 1.165) is 16.3 Å². The lowest BCUT2D eigenvalue weighted by atomic mass is 9.75. The maximum Gasteiger partial charge on any atom is 0.410 e. The molecule has 7 rings (SSSR count). The van der Waals surface area contributed by atoms with Gasteiger partial charge >= 0.3 is 6.09 Å². The van der Waals surface area contributed by atoms with Crippen LogP contribution >= 0.6 is 0 Å². The predicted molar refractivity (Wildman–Crippen MR) is 142 cm³/mol. The standard InChI is InChI=1S/C32H29NO4/c34-31(37-20-29-27-13-5-3-11-25(27)26-12-4-6-14-28(26)29)33-22-16-32(35,17-23(33)19-36-18-22)30-15-7-9-21-8-1-2-10-24(21)30/h1-15,22-23,29,35H,16-20H2. The first-order chi connectivity index (χ1) is 18.1. The second kappa shape index (κ2) is 8.72. The van der Waals surface area contributed by atoms with Crippen molar-refractivity contribution in [2.45, 2.75) is 36.4 Å². The van der Waals surface area contributed by atoms with Gasteiger partial charge in [-0.3, -0.25) is 4.90 Å². The van der Waals surface area contributed by atoms with E-state index in [0.29, 0.717) is 26.1 Å². The molecule has 2 aliphatic heterocycles. The number of ether oxygens (including phenoxy) is 2. The molecule has 1 amide bonds. The summed E-state index contributed by atoms with van der Waals surface area (Å²) in [5.74, 6) is 0.0184. The molecule has 2 atom stereocenters. The lowest BCUT2D eigenvalue weighted by molar-refractivity contribution is -0.136. The van der Waals surface area contributed by atoms with Gasteiger partial charge in [0.25, 0.3) is 0 Å². The van der Waals surface area contributed by atoms with E-state index in [2.05, 4.69) is 54.6 Å². The molecule has 0 aromatic heterocycles. The highest BCUT2D eigenvalue weighted by Crippen LogP contribution is 2.46. The van der Waals surface area contributed by atoms with Gasteiger partial charge in [-0.1, -0.05) is 91.0 Å². The monoisotopic (exact) mass is 491 g/mol. The van der Waals surface area contributed by atoms with Crippen LogP contribution in [0.15, 0.2) is 91.0 Å². The molecule has 5 heteroatoms. The zero-order valence-electron chi connectivity index (χ0n) is 20.5. The van der Waals surface area contributed by atoms with E-state index in [1.165, 1.54) is 22.3 Å². The van der Waals surface area contributed by atoms with Crippen molar-refractivity contribution in [1.29, 1.82) is 0 Å². The van der Waals surface area contributed by atoms with Crippen molar-refractivity contribution in [3.05, 3.63) is 108 Å². The molecule has 0 saturated carbocycles. The Morgan fingerprint density at radius 1 is 0.838 bits per heavy atom. The van der Waals surface area contributed by atoms with Crippen LogP contribution in [0, 0.1) is 0 Å². The number of fused-ring (bicyclic) bond motifs is 6. The first-order valence-electron chi connectivity index (χ1n) is 13.0. The van der Waals surface area contributed by atoms with Gasteiger partial charge < -0.3 is 14.6 Å². The Labute approximate surface area is 216 Å². The van der Waals surface area contributed by atoms with Crippen molar-refractivity contribution >= 4 is 16.9 Å². The fraction of sp³-hybridized carbons (Fsp3) is 0.281. The lowest BCUT2D eigenvalue weighted by Crippen LogP contribution is -2.62. The summed E-state index contributed by atoms with van der Waals surface area (Å²) in [5, 5.41) is 14.1. The maximum atomic E-state index is 13.5. The minimum absolute atomic E-state index is 0.0184. The highest BCUT2D eigenvalue weighted by atomic mass is 16.6. The molecule has 4 aromatic rings. The maximum absolute atomic E-state index is 13.5. The number of aliphatic hydroxyl groups is 1. The second-order valence-electron chi connectivity index (χ2n) is 10.5. The molecule has 0 spiro atoms. The molecule has 2 fully saturated rings. The van der Waals surface area contributed by atoms with Crippen molar-refractivity contribution in [3.8, 4) is 11.1 Å². The van der Waals surface area contributed by atoms with Crippen LogP contribution in [0.25, 0.3) is 21.9 Å². The quantitative estimate of drug-likeness (QED) is 0.391. The van der Waals surface area contributed by atoms with Gasteiger partial charge in [-0.2, -0.15) is 0 Å². The summed E-state index contributed by atoms with van der Waals surface area (Å²) in [6.45, 7) is 1.08. The Hall–Kier alpha value is -3.67. The van der Waals surface area contributed by atoms with Gasteiger partial charge in [0.1, 0.15) is 6.61 Å². The van der Waals surface area contributed by atoms with Crippen LogP contribution in [0.1, 0.15) is 35.4 Å². The number of piperidine rings is 1.